The molecule has 0 amide bonds. The molecule has 0 atom stereocenters. The maximum absolute atomic E-state index is 6.00. The SMILES string of the molecule is Cn1ccc(-c2noc(CC3(CN)CCCCC3)n2)n1. The maximum Gasteiger partial charge on any atom is 0.227 e. The van der Waals surface area contributed by atoms with Crippen LogP contribution in [0.3, 0.4) is 0 Å². The van der Waals surface area contributed by atoms with Crippen molar-refractivity contribution in [3.8, 4) is 11.5 Å². The van der Waals surface area contributed by atoms with E-state index in [0.717, 1.165) is 25.0 Å². The molecule has 1 aliphatic rings. The van der Waals surface area contributed by atoms with Gasteiger partial charge in [-0.2, -0.15) is 10.1 Å². The zero-order chi connectivity index (χ0) is 14.0. The highest BCUT2D eigenvalue weighted by atomic mass is 16.5. The molecule has 0 bridgehead atoms. The second-order valence-electron chi connectivity index (χ2n) is 5.83. The Balaban J connectivity index is 1.76. The molecule has 0 unspecified atom stereocenters. The molecule has 0 aromatic carbocycles. The second kappa shape index (κ2) is 5.36. The standard InChI is InChI=1S/C14H21N5O/c1-19-8-5-11(17-19)13-16-12(20-18-13)9-14(10-15)6-3-2-4-7-14/h5,8H,2-4,6-7,9-10,15H2,1H3. The van der Waals surface area contributed by atoms with E-state index in [2.05, 4.69) is 15.2 Å². The molecule has 20 heavy (non-hydrogen) atoms. The summed E-state index contributed by atoms with van der Waals surface area (Å²) in [5.74, 6) is 1.24. The van der Waals surface area contributed by atoms with Crippen molar-refractivity contribution in [3.63, 3.8) is 0 Å². The normalized spacial score (nSPS) is 18.3. The van der Waals surface area contributed by atoms with Crippen molar-refractivity contribution < 1.29 is 4.52 Å². The van der Waals surface area contributed by atoms with Gasteiger partial charge in [0.15, 0.2) is 0 Å². The minimum atomic E-state index is 0.145. The Morgan fingerprint density at radius 2 is 2.15 bits per heavy atom. The molecule has 6 heteroatoms. The van der Waals surface area contributed by atoms with Crippen LogP contribution in [0.15, 0.2) is 16.8 Å². The fourth-order valence-corrected chi connectivity index (χ4v) is 3.04. The highest BCUT2D eigenvalue weighted by Gasteiger charge is 2.33. The van der Waals surface area contributed by atoms with Crippen LogP contribution in [0.2, 0.25) is 0 Å². The lowest BCUT2D eigenvalue weighted by molar-refractivity contribution is 0.177. The number of hydrogen-bond acceptors (Lipinski definition) is 5. The van der Waals surface area contributed by atoms with Gasteiger partial charge in [0.1, 0.15) is 5.69 Å². The first-order chi connectivity index (χ1) is 9.71. The number of rotatable bonds is 4. The van der Waals surface area contributed by atoms with Crippen LogP contribution in [0.5, 0.6) is 0 Å². The summed E-state index contributed by atoms with van der Waals surface area (Å²) >= 11 is 0. The number of aromatic nitrogens is 4. The first-order valence-electron chi connectivity index (χ1n) is 7.23. The van der Waals surface area contributed by atoms with Gasteiger partial charge >= 0.3 is 0 Å². The second-order valence-corrected chi connectivity index (χ2v) is 5.83. The van der Waals surface area contributed by atoms with Crippen LogP contribution in [0, 0.1) is 5.41 Å². The largest absolute Gasteiger partial charge is 0.339 e. The van der Waals surface area contributed by atoms with Crippen molar-refractivity contribution in [3.05, 3.63) is 18.2 Å². The van der Waals surface area contributed by atoms with Gasteiger partial charge in [0, 0.05) is 19.7 Å². The van der Waals surface area contributed by atoms with Crippen LogP contribution < -0.4 is 5.73 Å². The third kappa shape index (κ3) is 2.60. The summed E-state index contributed by atoms with van der Waals surface area (Å²) in [5.41, 5.74) is 6.89. The topological polar surface area (TPSA) is 82.8 Å². The third-order valence-electron chi connectivity index (χ3n) is 4.28. The third-order valence-corrected chi connectivity index (χ3v) is 4.28. The fourth-order valence-electron chi connectivity index (χ4n) is 3.04. The Bertz CT molecular complexity index is 568. The lowest BCUT2D eigenvalue weighted by Gasteiger charge is -2.34. The molecule has 108 valence electrons. The van der Waals surface area contributed by atoms with Crippen molar-refractivity contribution in [2.75, 3.05) is 6.54 Å². The van der Waals surface area contributed by atoms with Crippen LogP contribution >= 0.6 is 0 Å². The molecule has 6 nitrogen and oxygen atoms in total. The van der Waals surface area contributed by atoms with Crippen molar-refractivity contribution in [2.45, 2.75) is 38.5 Å². The van der Waals surface area contributed by atoms with Crippen molar-refractivity contribution >= 4 is 0 Å². The van der Waals surface area contributed by atoms with Gasteiger partial charge in [-0.25, -0.2) is 0 Å². The number of nitrogens with zero attached hydrogens (tertiary/aromatic N) is 4. The molecule has 2 aromatic heterocycles. The smallest absolute Gasteiger partial charge is 0.227 e. The van der Waals surface area contributed by atoms with Crippen LogP contribution in [0.4, 0.5) is 0 Å². The van der Waals surface area contributed by atoms with Crippen LogP contribution in [0.1, 0.15) is 38.0 Å². The van der Waals surface area contributed by atoms with Gasteiger partial charge in [0.05, 0.1) is 0 Å². The minimum Gasteiger partial charge on any atom is -0.339 e. The van der Waals surface area contributed by atoms with Crippen LogP contribution in [0.25, 0.3) is 11.5 Å². The van der Waals surface area contributed by atoms with E-state index in [9.17, 15) is 0 Å². The van der Waals surface area contributed by atoms with E-state index >= 15 is 0 Å². The minimum absolute atomic E-state index is 0.145. The average Bonchev–Trinajstić information content (AvgIpc) is 3.09. The molecular weight excluding hydrogens is 254 g/mol. The summed E-state index contributed by atoms with van der Waals surface area (Å²) < 4.78 is 7.12. The highest BCUT2D eigenvalue weighted by Crippen LogP contribution is 2.38. The van der Waals surface area contributed by atoms with Gasteiger partial charge in [-0.3, -0.25) is 4.68 Å². The molecule has 1 fully saturated rings. The van der Waals surface area contributed by atoms with Crippen molar-refractivity contribution in [1.29, 1.82) is 0 Å². The summed E-state index contributed by atoms with van der Waals surface area (Å²) in [6.45, 7) is 0.689. The molecule has 0 spiro atoms. The Labute approximate surface area is 118 Å². The zero-order valence-corrected chi connectivity index (χ0v) is 11.9. The van der Waals surface area contributed by atoms with E-state index in [-0.39, 0.29) is 5.41 Å². The predicted molar refractivity (Wildman–Crippen MR) is 74.8 cm³/mol. The fraction of sp³-hybridized carbons (Fsp3) is 0.643. The van der Waals surface area contributed by atoms with Crippen LogP contribution in [-0.4, -0.2) is 26.5 Å². The Morgan fingerprint density at radius 3 is 2.80 bits per heavy atom. The summed E-state index contributed by atoms with van der Waals surface area (Å²) in [7, 11) is 1.87. The van der Waals surface area contributed by atoms with E-state index in [4.69, 9.17) is 10.3 Å². The summed E-state index contributed by atoms with van der Waals surface area (Å²) in [5, 5.41) is 8.31. The number of hydrogen-bond donors (Lipinski definition) is 1. The van der Waals surface area contributed by atoms with Gasteiger partial charge in [-0.1, -0.05) is 24.4 Å². The monoisotopic (exact) mass is 275 g/mol. The number of aryl methyl sites for hydroxylation is 1. The van der Waals surface area contributed by atoms with Crippen molar-refractivity contribution in [2.24, 2.45) is 18.2 Å². The van der Waals surface area contributed by atoms with E-state index < -0.39 is 0 Å². The molecule has 2 N–H and O–H groups in total. The molecule has 3 rings (SSSR count). The Kier molecular flexibility index (Phi) is 3.56. The first kappa shape index (κ1) is 13.3. The summed E-state index contributed by atoms with van der Waals surface area (Å²) in [6, 6.07) is 1.88. The summed E-state index contributed by atoms with van der Waals surface area (Å²) in [6.07, 6.45) is 8.77. The first-order valence-corrected chi connectivity index (χ1v) is 7.23. The van der Waals surface area contributed by atoms with E-state index in [1.165, 1.54) is 19.3 Å². The van der Waals surface area contributed by atoms with Gasteiger partial charge in [0.2, 0.25) is 11.7 Å². The molecule has 2 aromatic rings. The molecular formula is C14H21N5O. The molecule has 1 saturated carbocycles. The molecule has 1 aliphatic carbocycles. The van der Waals surface area contributed by atoms with Gasteiger partial charge in [0.25, 0.3) is 0 Å². The number of nitrogens with two attached hydrogens (primary N) is 1. The zero-order valence-electron chi connectivity index (χ0n) is 11.9. The lowest BCUT2D eigenvalue weighted by Crippen LogP contribution is -2.35. The molecule has 2 heterocycles. The summed E-state index contributed by atoms with van der Waals surface area (Å²) in [4.78, 5) is 4.47. The lowest BCUT2D eigenvalue weighted by atomic mass is 9.72. The molecule has 0 aliphatic heterocycles. The molecule has 0 saturated heterocycles. The Morgan fingerprint density at radius 1 is 1.35 bits per heavy atom. The highest BCUT2D eigenvalue weighted by molar-refractivity contribution is 5.46. The van der Waals surface area contributed by atoms with E-state index in [1.54, 1.807) is 4.68 Å². The Hall–Kier alpha value is -1.69. The predicted octanol–water partition coefficient (Wildman–Crippen LogP) is 1.92. The van der Waals surface area contributed by atoms with Gasteiger partial charge < -0.3 is 10.3 Å². The van der Waals surface area contributed by atoms with Crippen LogP contribution in [-0.2, 0) is 13.5 Å². The van der Waals surface area contributed by atoms with E-state index in [0.29, 0.717) is 18.3 Å². The van der Waals surface area contributed by atoms with Gasteiger partial charge in [-0.05, 0) is 30.9 Å². The van der Waals surface area contributed by atoms with E-state index in [1.807, 2.05) is 19.3 Å². The van der Waals surface area contributed by atoms with Crippen molar-refractivity contribution in [1.82, 2.24) is 19.9 Å². The average molecular weight is 275 g/mol. The quantitative estimate of drug-likeness (QED) is 0.921. The maximum atomic E-state index is 6.00. The van der Waals surface area contributed by atoms with Gasteiger partial charge in [-0.15, -0.1) is 0 Å². The molecule has 0 radical (unpaired) electrons.